The van der Waals surface area contributed by atoms with Gasteiger partial charge in [-0.15, -0.1) is 0 Å². The quantitative estimate of drug-likeness (QED) is 0.660. The molecule has 1 aromatic carbocycles. The van der Waals surface area contributed by atoms with Crippen LogP contribution in [-0.4, -0.2) is 34.8 Å². The van der Waals surface area contributed by atoms with Crippen molar-refractivity contribution in [3.63, 3.8) is 0 Å². The van der Waals surface area contributed by atoms with E-state index in [1.165, 1.54) is 10.9 Å². The standard InChI is InChI=1S/C17H23N3O2/c1-17(11-21,13-6-7-13)20-16(22)18-9-8-12-10-19-15-5-3-2-4-14(12)15/h2-5,10,13,19,21H,6-9,11H2,1H3,(H2,18,20,22). The zero-order valence-corrected chi connectivity index (χ0v) is 12.9. The molecule has 118 valence electrons. The molecule has 0 radical (unpaired) electrons. The van der Waals surface area contributed by atoms with E-state index in [1.54, 1.807) is 0 Å². The number of carbonyl (C=O) groups is 1. The molecule has 22 heavy (non-hydrogen) atoms. The molecule has 1 saturated carbocycles. The SMILES string of the molecule is CC(CO)(NC(=O)NCCc1c[nH]c2ccccc12)C1CC1. The maximum absolute atomic E-state index is 12.0. The zero-order chi connectivity index (χ0) is 15.6. The van der Waals surface area contributed by atoms with Gasteiger partial charge in [-0.05, 0) is 43.7 Å². The van der Waals surface area contributed by atoms with Crippen molar-refractivity contribution in [1.82, 2.24) is 15.6 Å². The van der Waals surface area contributed by atoms with E-state index >= 15 is 0 Å². The molecule has 4 N–H and O–H groups in total. The van der Waals surface area contributed by atoms with Gasteiger partial charge in [-0.1, -0.05) is 18.2 Å². The maximum Gasteiger partial charge on any atom is 0.315 e. The molecular formula is C17H23N3O2. The molecule has 2 aromatic rings. The van der Waals surface area contributed by atoms with Gasteiger partial charge in [0.2, 0.25) is 0 Å². The third kappa shape index (κ3) is 3.09. The Hall–Kier alpha value is -2.01. The summed E-state index contributed by atoms with van der Waals surface area (Å²) in [5, 5.41) is 16.5. The van der Waals surface area contributed by atoms with Crippen LogP contribution in [0, 0.1) is 5.92 Å². The Morgan fingerprint density at radius 2 is 2.18 bits per heavy atom. The largest absolute Gasteiger partial charge is 0.394 e. The third-order valence-electron chi connectivity index (χ3n) is 4.56. The topological polar surface area (TPSA) is 77.2 Å². The lowest BCUT2D eigenvalue weighted by atomic mass is 9.97. The van der Waals surface area contributed by atoms with Crippen molar-refractivity contribution >= 4 is 16.9 Å². The summed E-state index contributed by atoms with van der Waals surface area (Å²) >= 11 is 0. The summed E-state index contributed by atoms with van der Waals surface area (Å²) < 4.78 is 0. The van der Waals surface area contributed by atoms with Gasteiger partial charge < -0.3 is 20.7 Å². The molecule has 2 amide bonds. The summed E-state index contributed by atoms with van der Waals surface area (Å²) in [6.45, 7) is 2.46. The molecule has 1 heterocycles. The first-order chi connectivity index (χ1) is 10.6. The molecule has 1 aromatic heterocycles. The molecule has 1 atom stereocenters. The number of H-pyrrole nitrogens is 1. The molecule has 0 saturated heterocycles. The Labute approximate surface area is 130 Å². The number of hydrogen-bond acceptors (Lipinski definition) is 2. The van der Waals surface area contributed by atoms with E-state index in [-0.39, 0.29) is 12.6 Å². The summed E-state index contributed by atoms with van der Waals surface area (Å²) in [5.74, 6) is 0.400. The van der Waals surface area contributed by atoms with E-state index in [2.05, 4.69) is 21.7 Å². The predicted molar refractivity (Wildman–Crippen MR) is 86.8 cm³/mol. The number of benzene rings is 1. The normalized spacial score (nSPS) is 17.2. The number of fused-ring (bicyclic) bond motifs is 1. The Kier molecular flexibility index (Phi) is 4.07. The van der Waals surface area contributed by atoms with Crippen LogP contribution >= 0.6 is 0 Å². The van der Waals surface area contributed by atoms with E-state index < -0.39 is 5.54 Å². The zero-order valence-electron chi connectivity index (χ0n) is 12.9. The Morgan fingerprint density at radius 1 is 1.41 bits per heavy atom. The number of aromatic nitrogens is 1. The van der Waals surface area contributed by atoms with E-state index in [4.69, 9.17) is 0 Å². The third-order valence-corrected chi connectivity index (χ3v) is 4.56. The highest BCUT2D eigenvalue weighted by atomic mass is 16.3. The van der Waals surface area contributed by atoms with Crippen molar-refractivity contribution in [3.8, 4) is 0 Å². The fraction of sp³-hybridized carbons (Fsp3) is 0.471. The Bertz CT molecular complexity index is 663. The van der Waals surface area contributed by atoms with Gasteiger partial charge in [0.15, 0.2) is 0 Å². The summed E-state index contributed by atoms with van der Waals surface area (Å²) in [6, 6.07) is 7.94. The van der Waals surface area contributed by atoms with E-state index in [1.807, 2.05) is 31.3 Å². The maximum atomic E-state index is 12.0. The van der Waals surface area contributed by atoms with Crippen molar-refractivity contribution in [2.75, 3.05) is 13.2 Å². The number of carbonyl (C=O) groups excluding carboxylic acids is 1. The number of nitrogens with one attached hydrogen (secondary N) is 3. The van der Waals surface area contributed by atoms with Gasteiger partial charge in [0.25, 0.3) is 0 Å². The highest BCUT2D eigenvalue weighted by molar-refractivity contribution is 5.83. The van der Waals surface area contributed by atoms with Crippen LogP contribution in [0.15, 0.2) is 30.5 Å². The first-order valence-corrected chi connectivity index (χ1v) is 7.84. The molecule has 1 unspecified atom stereocenters. The molecule has 1 fully saturated rings. The second-order valence-corrected chi connectivity index (χ2v) is 6.34. The Morgan fingerprint density at radius 3 is 2.91 bits per heavy atom. The van der Waals surface area contributed by atoms with E-state index in [9.17, 15) is 9.90 Å². The van der Waals surface area contributed by atoms with Crippen LogP contribution in [0.1, 0.15) is 25.3 Å². The van der Waals surface area contributed by atoms with Gasteiger partial charge in [-0.2, -0.15) is 0 Å². The molecule has 1 aliphatic carbocycles. The van der Waals surface area contributed by atoms with Crippen LogP contribution in [0.2, 0.25) is 0 Å². The molecule has 5 heteroatoms. The van der Waals surface area contributed by atoms with Gasteiger partial charge in [0, 0.05) is 23.6 Å². The van der Waals surface area contributed by atoms with E-state index in [0.29, 0.717) is 12.5 Å². The first-order valence-electron chi connectivity index (χ1n) is 7.84. The average molecular weight is 301 g/mol. The number of aliphatic hydroxyl groups is 1. The van der Waals surface area contributed by atoms with Gasteiger partial charge in [0.1, 0.15) is 0 Å². The lowest BCUT2D eigenvalue weighted by Gasteiger charge is -2.28. The molecule has 0 aliphatic heterocycles. The molecule has 3 rings (SSSR count). The molecule has 0 bridgehead atoms. The van der Waals surface area contributed by atoms with Crippen LogP contribution in [0.3, 0.4) is 0 Å². The number of aliphatic hydroxyl groups excluding tert-OH is 1. The smallest absolute Gasteiger partial charge is 0.315 e. The van der Waals surface area contributed by atoms with Crippen LogP contribution in [-0.2, 0) is 6.42 Å². The van der Waals surface area contributed by atoms with Crippen molar-refractivity contribution in [2.24, 2.45) is 5.92 Å². The highest BCUT2D eigenvalue weighted by Gasteiger charge is 2.42. The van der Waals surface area contributed by atoms with Crippen LogP contribution in [0.5, 0.6) is 0 Å². The second-order valence-electron chi connectivity index (χ2n) is 6.34. The molecule has 5 nitrogen and oxygen atoms in total. The second kappa shape index (κ2) is 6.01. The molecule has 0 spiro atoms. The van der Waals surface area contributed by atoms with Crippen LogP contribution < -0.4 is 10.6 Å². The number of amides is 2. The van der Waals surface area contributed by atoms with Crippen molar-refractivity contribution < 1.29 is 9.90 Å². The monoisotopic (exact) mass is 301 g/mol. The van der Waals surface area contributed by atoms with Crippen LogP contribution in [0.25, 0.3) is 10.9 Å². The summed E-state index contributed by atoms with van der Waals surface area (Å²) in [7, 11) is 0. The minimum absolute atomic E-state index is 0.0203. The fourth-order valence-electron chi connectivity index (χ4n) is 2.94. The fourth-order valence-corrected chi connectivity index (χ4v) is 2.94. The Balaban J connectivity index is 1.51. The lowest BCUT2D eigenvalue weighted by Crippen LogP contribution is -2.54. The summed E-state index contributed by atoms with van der Waals surface area (Å²) in [5.41, 5.74) is 1.82. The number of hydrogen-bond donors (Lipinski definition) is 4. The van der Waals surface area contributed by atoms with Crippen LogP contribution in [0.4, 0.5) is 4.79 Å². The first kappa shape index (κ1) is 14.9. The van der Waals surface area contributed by atoms with Gasteiger partial charge >= 0.3 is 6.03 Å². The van der Waals surface area contributed by atoms with E-state index in [0.717, 1.165) is 24.8 Å². The van der Waals surface area contributed by atoms with Crippen molar-refractivity contribution in [1.29, 1.82) is 0 Å². The average Bonchev–Trinajstić information content (AvgIpc) is 3.30. The summed E-state index contributed by atoms with van der Waals surface area (Å²) in [4.78, 5) is 15.2. The lowest BCUT2D eigenvalue weighted by molar-refractivity contribution is 0.155. The number of para-hydroxylation sites is 1. The highest BCUT2D eigenvalue weighted by Crippen LogP contribution is 2.39. The van der Waals surface area contributed by atoms with Gasteiger partial charge in [-0.25, -0.2) is 4.79 Å². The number of urea groups is 1. The van der Waals surface area contributed by atoms with Crippen molar-refractivity contribution in [2.45, 2.75) is 31.7 Å². The minimum Gasteiger partial charge on any atom is -0.394 e. The predicted octanol–water partition coefficient (Wildman–Crippen LogP) is 2.17. The minimum atomic E-state index is -0.495. The van der Waals surface area contributed by atoms with Crippen molar-refractivity contribution in [3.05, 3.63) is 36.0 Å². The molecular weight excluding hydrogens is 278 g/mol. The van der Waals surface area contributed by atoms with Gasteiger partial charge in [0.05, 0.1) is 12.1 Å². The summed E-state index contributed by atoms with van der Waals surface area (Å²) in [6.07, 6.45) is 4.92. The molecule has 1 aliphatic rings. The van der Waals surface area contributed by atoms with Gasteiger partial charge in [-0.3, -0.25) is 0 Å². The number of aromatic amines is 1. The number of rotatable bonds is 6.